The van der Waals surface area contributed by atoms with Gasteiger partial charge in [-0.05, 0) is 37.3 Å². The van der Waals surface area contributed by atoms with Gasteiger partial charge in [-0.2, -0.15) is 0 Å². The van der Waals surface area contributed by atoms with Crippen LogP contribution in [0, 0.1) is 19.3 Å². The van der Waals surface area contributed by atoms with Crippen molar-refractivity contribution in [3.8, 4) is 0 Å². The molecule has 20 heavy (non-hydrogen) atoms. The second-order valence-corrected chi connectivity index (χ2v) is 6.30. The van der Waals surface area contributed by atoms with Crippen LogP contribution in [0.15, 0.2) is 52.3 Å². The van der Waals surface area contributed by atoms with Gasteiger partial charge in [0.2, 0.25) is 16.4 Å². The summed E-state index contributed by atoms with van der Waals surface area (Å²) >= 11 is 0. The summed E-state index contributed by atoms with van der Waals surface area (Å²) in [6, 6.07) is 9.80. The number of sulfone groups is 1. The van der Waals surface area contributed by atoms with E-state index in [2.05, 4.69) is 4.85 Å². The third-order valence-corrected chi connectivity index (χ3v) is 4.75. The molecule has 0 aliphatic carbocycles. The summed E-state index contributed by atoms with van der Waals surface area (Å²) in [5, 5.41) is 0. The average molecular weight is 289 g/mol. The van der Waals surface area contributed by atoms with Gasteiger partial charge in [-0.3, -0.25) is 0 Å². The molecule has 0 bridgehead atoms. The van der Waals surface area contributed by atoms with Crippen molar-refractivity contribution < 1.29 is 12.8 Å². The van der Waals surface area contributed by atoms with E-state index in [9.17, 15) is 12.8 Å². The molecule has 2 rings (SSSR count). The first-order chi connectivity index (χ1) is 9.45. The van der Waals surface area contributed by atoms with Crippen molar-refractivity contribution >= 4 is 9.84 Å². The Morgan fingerprint density at radius 2 is 1.80 bits per heavy atom. The van der Waals surface area contributed by atoms with Crippen molar-refractivity contribution in [1.82, 2.24) is 0 Å². The molecular formula is C15H12FNO2S. The highest BCUT2D eigenvalue weighted by atomic mass is 32.2. The van der Waals surface area contributed by atoms with Crippen molar-refractivity contribution in [3.63, 3.8) is 0 Å². The molecule has 0 radical (unpaired) electrons. The second kappa shape index (κ2) is 5.43. The third kappa shape index (κ3) is 2.70. The normalized spacial score (nSPS) is 11.1. The Bertz CT molecular complexity index is 775. The molecule has 102 valence electrons. The molecule has 3 nitrogen and oxygen atoms in total. The predicted octanol–water partition coefficient (Wildman–Crippen LogP) is 3.39. The van der Waals surface area contributed by atoms with Crippen molar-refractivity contribution in [2.75, 3.05) is 0 Å². The van der Waals surface area contributed by atoms with E-state index in [1.54, 1.807) is 12.1 Å². The number of halogens is 1. The van der Waals surface area contributed by atoms with Crippen LogP contribution in [0.4, 0.5) is 4.39 Å². The Labute approximate surface area is 117 Å². The molecule has 0 aliphatic rings. The lowest BCUT2D eigenvalue weighted by atomic mass is 10.2. The van der Waals surface area contributed by atoms with Gasteiger partial charge in [0, 0.05) is 5.56 Å². The molecule has 0 N–H and O–H groups in total. The minimum Gasteiger partial charge on any atom is -0.312 e. The number of hydrogen-bond acceptors (Lipinski definition) is 2. The molecule has 0 aliphatic heterocycles. The van der Waals surface area contributed by atoms with E-state index in [1.807, 2.05) is 6.92 Å². The van der Waals surface area contributed by atoms with Crippen LogP contribution in [0.25, 0.3) is 4.85 Å². The van der Waals surface area contributed by atoms with Crippen LogP contribution in [-0.2, 0) is 16.4 Å². The molecule has 0 aromatic heterocycles. The molecule has 0 amide bonds. The summed E-state index contributed by atoms with van der Waals surface area (Å²) in [4.78, 5) is 3.14. The Balaban J connectivity index is 2.62. The summed E-state index contributed by atoms with van der Waals surface area (Å²) in [6.45, 7) is 8.62. The minimum atomic E-state index is -3.81. The van der Waals surface area contributed by atoms with Crippen LogP contribution in [0.5, 0.6) is 0 Å². The maximum Gasteiger partial charge on any atom is 0.241 e. The van der Waals surface area contributed by atoms with E-state index in [0.717, 1.165) is 17.7 Å². The van der Waals surface area contributed by atoms with E-state index >= 15 is 0 Å². The smallest absolute Gasteiger partial charge is 0.241 e. The van der Waals surface area contributed by atoms with Gasteiger partial charge in [0.05, 0.1) is 9.79 Å². The molecule has 5 heteroatoms. The van der Waals surface area contributed by atoms with Gasteiger partial charge in [-0.1, -0.05) is 17.7 Å². The highest BCUT2D eigenvalue weighted by molar-refractivity contribution is 7.91. The van der Waals surface area contributed by atoms with Gasteiger partial charge in [0.25, 0.3) is 0 Å². The van der Waals surface area contributed by atoms with Gasteiger partial charge in [0.15, 0.2) is 0 Å². The van der Waals surface area contributed by atoms with Gasteiger partial charge in [-0.25, -0.2) is 19.4 Å². The van der Waals surface area contributed by atoms with Crippen LogP contribution < -0.4 is 0 Å². The number of benzene rings is 2. The predicted molar refractivity (Wildman–Crippen MR) is 73.3 cm³/mol. The molecule has 2 aromatic rings. The molecular weight excluding hydrogens is 277 g/mol. The summed E-state index contributed by atoms with van der Waals surface area (Å²) in [5.74, 6) is -0.635. The quantitative estimate of drug-likeness (QED) is 0.812. The topological polar surface area (TPSA) is 38.5 Å². The molecule has 0 fully saturated rings. The van der Waals surface area contributed by atoms with Crippen molar-refractivity contribution in [1.29, 1.82) is 0 Å². The van der Waals surface area contributed by atoms with Gasteiger partial charge in [0.1, 0.15) is 5.82 Å². The fourth-order valence-electron chi connectivity index (χ4n) is 1.84. The fourth-order valence-corrected chi connectivity index (χ4v) is 3.33. The lowest BCUT2D eigenvalue weighted by Crippen LogP contribution is -2.06. The standard InChI is InChI=1S/C15H12FNO2S/c1-11-3-7-14(8-4-11)20(18,19)15-9-13(16)6-5-12(15)10-17-2/h3-9H,10H2,1H3. The largest absolute Gasteiger partial charge is 0.312 e. The molecule has 0 saturated heterocycles. The molecule has 0 saturated carbocycles. The first-order valence-corrected chi connectivity index (χ1v) is 7.37. The Morgan fingerprint density at radius 1 is 1.15 bits per heavy atom. The maximum atomic E-state index is 13.4. The first kappa shape index (κ1) is 14.2. The van der Waals surface area contributed by atoms with E-state index < -0.39 is 15.7 Å². The highest BCUT2D eigenvalue weighted by Crippen LogP contribution is 2.26. The third-order valence-electron chi connectivity index (χ3n) is 2.90. The minimum absolute atomic E-state index is 0.0965. The monoisotopic (exact) mass is 289 g/mol. The van der Waals surface area contributed by atoms with Crippen LogP contribution in [0.2, 0.25) is 0 Å². The van der Waals surface area contributed by atoms with Crippen LogP contribution in [-0.4, -0.2) is 8.42 Å². The Morgan fingerprint density at radius 3 is 2.40 bits per heavy atom. The first-order valence-electron chi connectivity index (χ1n) is 5.88. The SMILES string of the molecule is [C-]#[N+]Cc1ccc(F)cc1S(=O)(=O)c1ccc(C)cc1. The van der Waals surface area contributed by atoms with Crippen molar-refractivity contribution in [3.05, 3.63) is 70.8 Å². The van der Waals surface area contributed by atoms with Crippen LogP contribution in [0.3, 0.4) is 0 Å². The molecule has 0 unspecified atom stereocenters. The van der Waals surface area contributed by atoms with Gasteiger partial charge < -0.3 is 4.85 Å². The zero-order valence-electron chi connectivity index (χ0n) is 10.8. The number of rotatable bonds is 3. The summed E-state index contributed by atoms with van der Waals surface area (Å²) in [6.07, 6.45) is 0. The van der Waals surface area contributed by atoms with Crippen molar-refractivity contribution in [2.24, 2.45) is 0 Å². The van der Waals surface area contributed by atoms with Gasteiger partial charge in [-0.15, -0.1) is 0 Å². The Hall–Kier alpha value is -2.19. The van der Waals surface area contributed by atoms with E-state index in [4.69, 9.17) is 6.57 Å². The number of aryl methyl sites for hydroxylation is 1. The average Bonchev–Trinajstić information content (AvgIpc) is 2.41. The maximum absolute atomic E-state index is 13.4. The summed E-state index contributed by atoms with van der Waals surface area (Å²) in [7, 11) is -3.81. The number of hydrogen-bond donors (Lipinski definition) is 0. The molecule has 2 aromatic carbocycles. The highest BCUT2D eigenvalue weighted by Gasteiger charge is 2.23. The molecule has 0 heterocycles. The molecule has 0 atom stereocenters. The fraction of sp³-hybridized carbons (Fsp3) is 0.133. The Kier molecular flexibility index (Phi) is 3.86. The molecule has 0 spiro atoms. The lowest BCUT2D eigenvalue weighted by Gasteiger charge is -2.08. The summed E-state index contributed by atoms with van der Waals surface area (Å²) < 4.78 is 38.4. The summed E-state index contributed by atoms with van der Waals surface area (Å²) in [5.41, 5.74) is 1.24. The second-order valence-electron chi connectivity index (χ2n) is 4.38. The van der Waals surface area contributed by atoms with Crippen LogP contribution >= 0.6 is 0 Å². The van der Waals surface area contributed by atoms with E-state index in [-0.39, 0.29) is 16.3 Å². The van der Waals surface area contributed by atoms with E-state index in [1.165, 1.54) is 18.2 Å². The lowest BCUT2D eigenvalue weighted by molar-refractivity contribution is 0.589. The zero-order chi connectivity index (χ0) is 14.8. The zero-order valence-corrected chi connectivity index (χ0v) is 11.6. The van der Waals surface area contributed by atoms with Crippen LogP contribution in [0.1, 0.15) is 11.1 Å². The van der Waals surface area contributed by atoms with Crippen molar-refractivity contribution in [2.45, 2.75) is 23.3 Å². The van der Waals surface area contributed by atoms with E-state index in [0.29, 0.717) is 5.56 Å². The van der Waals surface area contributed by atoms with Gasteiger partial charge >= 0.3 is 0 Å². The number of nitrogens with zero attached hydrogens (tertiary/aromatic N) is 1.